The van der Waals surface area contributed by atoms with E-state index < -0.39 is 5.41 Å². The number of hydrogen-bond donors (Lipinski definition) is 0. The maximum Gasteiger partial charge on any atom is 0.0806 e. The number of rotatable bonds is 28. The van der Waals surface area contributed by atoms with Crippen molar-refractivity contribution in [2.24, 2.45) is 0 Å². The van der Waals surface area contributed by atoms with Gasteiger partial charge in [0.25, 0.3) is 0 Å². The lowest BCUT2D eigenvalue weighted by Gasteiger charge is -2.33. The largest absolute Gasteiger partial charge is 0.310 e. The molecule has 2 heteroatoms. The Morgan fingerprint density at radius 3 is 0.978 bits per heavy atom. The molecule has 0 radical (unpaired) electrons. The first kappa shape index (κ1) is 87.2. The topological polar surface area (TPSA) is 6.48 Å². The van der Waals surface area contributed by atoms with Gasteiger partial charge in [0.15, 0.2) is 0 Å². The molecule has 2 nitrogen and oxygen atoms in total. The van der Waals surface area contributed by atoms with Crippen LogP contribution in [0.3, 0.4) is 0 Å². The monoisotopic (exact) mass is 1720 g/mol. The van der Waals surface area contributed by atoms with Gasteiger partial charge in [-0.1, -0.05) is 364 Å². The number of aryl methyl sites for hydroxylation is 2. The summed E-state index contributed by atoms with van der Waals surface area (Å²) in [6.07, 6.45) is 20.0. The fraction of sp³-hybridized carbons (Fsp3) is 0.167. The molecule has 0 spiro atoms. The van der Waals surface area contributed by atoms with E-state index in [0.29, 0.717) is 0 Å². The minimum Gasteiger partial charge on any atom is -0.310 e. The van der Waals surface area contributed by atoms with Gasteiger partial charge in [0.05, 0.1) is 5.41 Å². The van der Waals surface area contributed by atoms with Crippen LogP contribution < -0.4 is 9.80 Å². The smallest absolute Gasteiger partial charge is 0.0806 e. The molecule has 1 atom stereocenters. The lowest BCUT2D eigenvalue weighted by atomic mass is 9.70. The highest BCUT2D eigenvalue weighted by Gasteiger charge is 2.43. The van der Waals surface area contributed by atoms with Crippen LogP contribution in [0, 0.1) is 94.7 Å². The maximum atomic E-state index is 3.73. The van der Waals surface area contributed by atoms with Crippen LogP contribution in [0.1, 0.15) is 154 Å². The number of nitrogens with zero attached hydrogens (tertiary/aromatic N) is 2. The van der Waals surface area contributed by atoms with Crippen molar-refractivity contribution in [2.45, 2.75) is 141 Å². The second-order valence-electron chi connectivity index (χ2n) is 35.7. The molecule has 16 aromatic rings. The Labute approximate surface area is 796 Å². The van der Waals surface area contributed by atoms with E-state index in [2.05, 4.69) is 489 Å². The Balaban J connectivity index is 0.00000642. The molecule has 0 fully saturated rings. The van der Waals surface area contributed by atoms with Gasteiger partial charge in [-0.05, 0) is 381 Å². The minimum absolute atomic E-state index is 0. The van der Waals surface area contributed by atoms with Crippen molar-refractivity contribution in [2.75, 3.05) is 9.80 Å². The zero-order valence-electron chi connectivity index (χ0n) is 76.8. The first-order chi connectivity index (χ1) is 66.2. The van der Waals surface area contributed by atoms with Crippen molar-refractivity contribution < 1.29 is 2.85 Å². The Bertz CT molecular complexity index is 7600. The average Bonchev–Trinajstić information content (AvgIpc) is 1.59. The molecule has 0 N–H and O–H groups in total. The Morgan fingerprint density at radius 1 is 0.231 bits per heavy atom. The molecule has 0 bridgehead atoms. The predicted molar refractivity (Wildman–Crippen MR) is 570 cm³/mol. The molecule has 0 aromatic heterocycles. The van der Waals surface area contributed by atoms with Crippen molar-refractivity contribution in [3.63, 3.8) is 0 Å². The summed E-state index contributed by atoms with van der Waals surface area (Å²) in [5.41, 5.74) is 37.6. The van der Waals surface area contributed by atoms with Gasteiger partial charge in [-0.25, -0.2) is 0 Å². The van der Waals surface area contributed by atoms with Crippen LogP contribution in [-0.4, -0.2) is 0 Å². The lowest BCUT2D eigenvalue weighted by Crippen LogP contribution is -2.25. The molecule has 0 saturated carbocycles. The summed E-state index contributed by atoms with van der Waals surface area (Å²) >= 11 is 0. The fourth-order valence-electron chi connectivity index (χ4n) is 20.2. The molecule has 646 valence electrons. The minimum atomic E-state index is -0.785. The van der Waals surface area contributed by atoms with E-state index in [9.17, 15) is 0 Å². The summed E-state index contributed by atoms with van der Waals surface area (Å²) < 4.78 is 0. The quantitative estimate of drug-likeness (QED) is 0.0356. The van der Waals surface area contributed by atoms with Crippen LogP contribution in [0.25, 0.3) is 122 Å². The molecule has 0 saturated heterocycles. The molecular weight excluding hydrogens is 1610 g/mol. The molecular formula is C132H108N2. The van der Waals surface area contributed by atoms with Crippen molar-refractivity contribution in [1.29, 1.82) is 0 Å². The molecule has 1 unspecified atom stereocenters. The molecule has 16 aromatic carbocycles. The van der Waals surface area contributed by atoms with Crippen LogP contribution in [0.15, 0.2) is 364 Å². The zero-order valence-corrected chi connectivity index (χ0v) is 76.8. The van der Waals surface area contributed by atoms with Crippen molar-refractivity contribution in [3.05, 3.63) is 397 Å². The average molecular weight is 1720 g/mol. The summed E-state index contributed by atoms with van der Waals surface area (Å²) in [6.45, 7) is 8.62. The van der Waals surface area contributed by atoms with E-state index in [1.165, 1.54) is 173 Å². The second kappa shape index (κ2) is 40.9. The van der Waals surface area contributed by atoms with Crippen molar-refractivity contribution in [3.8, 4) is 206 Å². The van der Waals surface area contributed by atoms with Crippen LogP contribution in [0.2, 0.25) is 0 Å². The number of unbranched alkanes of at least 4 members (excludes halogenated alkanes) is 10. The van der Waals surface area contributed by atoms with Crippen LogP contribution in [0.5, 0.6) is 0 Å². The van der Waals surface area contributed by atoms with Gasteiger partial charge in [0, 0.05) is 42.4 Å². The molecule has 3 aliphatic rings. The summed E-state index contributed by atoms with van der Waals surface area (Å²) in [4.78, 5) is 4.82. The maximum absolute atomic E-state index is 3.73. The number of hydrogen-bond acceptors (Lipinski definition) is 2. The van der Waals surface area contributed by atoms with E-state index in [0.717, 1.165) is 119 Å². The summed E-state index contributed by atoms with van der Waals surface area (Å²) in [5.74, 6) is 45.7. The first-order valence-electron chi connectivity index (χ1n) is 47.8. The third-order valence-corrected chi connectivity index (χ3v) is 27.4. The van der Waals surface area contributed by atoms with Gasteiger partial charge in [-0.15, -0.1) is 0 Å². The highest BCUT2D eigenvalue weighted by Crippen LogP contribution is 2.57. The summed E-state index contributed by atoms with van der Waals surface area (Å²) in [5, 5.41) is 2.47. The van der Waals surface area contributed by atoms with Crippen LogP contribution in [0.4, 0.5) is 34.1 Å². The zero-order chi connectivity index (χ0) is 90.8. The van der Waals surface area contributed by atoms with Gasteiger partial charge in [-0.2, -0.15) is 0 Å². The van der Waals surface area contributed by atoms with E-state index in [1.807, 2.05) is 0 Å². The molecule has 3 aliphatic carbocycles. The highest BCUT2D eigenvalue weighted by molar-refractivity contribution is 5.95. The summed E-state index contributed by atoms with van der Waals surface area (Å²) in [6, 6.07) is 136. The second-order valence-corrected chi connectivity index (χ2v) is 35.7. The van der Waals surface area contributed by atoms with Gasteiger partial charge >= 0.3 is 0 Å². The lowest BCUT2D eigenvalue weighted by molar-refractivity contribution is 0.398. The van der Waals surface area contributed by atoms with E-state index in [4.69, 9.17) is 0 Å². The first-order valence-corrected chi connectivity index (χ1v) is 47.8. The SMILES string of the molecule is CC#CC#CC#CC#CC#CC#CC#CC#CC1(C)c2cc(-c3ccc(N(c4ccc(-c5ccc6c(c5)C(CCCCCCCC)(CCCCCCCC)c5cc(-c7ccccc7)ccc5-6)cc4)c4ccc5c(c4)CC5)cc3)ccc2-c2ccc(-c3ccc(N(c4ccc(-c5ccccc5)cc4)c4ccc(-c5ccc(-c6ccc7ccccc7c6)cc5)c(-c5ccccc5)c4)cc3)cc21.[HH].[HH]. The van der Waals surface area contributed by atoms with Gasteiger partial charge in [-0.3, -0.25) is 0 Å². The molecule has 134 heavy (non-hydrogen) atoms. The van der Waals surface area contributed by atoms with E-state index in [-0.39, 0.29) is 8.27 Å². The highest BCUT2D eigenvalue weighted by atomic mass is 15.1. The Morgan fingerprint density at radius 2 is 0.537 bits per heavy atom. The van der Waals surface area contributed by atoms with E-state index in [1.54, 1.807) is 6.92 Å². The number of fused-ring (bicyclic) bond motifs is 8. The van der Waals surface area contributed by atoms with Crippen molar-refractivity contribution in [1.82, 2.24) is 0 Å². The predicted octanol–water partition coefficient (Wildman–Crippen LogP) is 33.8. The molecule has 0 amide bonds. The molecule has 0 heterocycles. The fourth-order valence-corrected chi connectivity index (χ4v) is 20.2. The number of anilines is 6. The Hall–Kier alpha value is -16.1. The van der Waals surface area contributed by atoms with Crippen LogP contribution >= 0.6 is 0 Å². The van der Waals surface area contributed by atoms with Gasteiger partial charge < -0.3 is 9.80 Å². The number of benzene rings is 16. The van der Waals surface area contributed by atoms with Gasteiger partial charge in [0.1, 0.15) is 0 Å². The van der Waals surface area contributed by atoms with Crippen molar-refractivity contribution >= 4 is 44.9 Å². The van der Waals surface area contributed by atoms with Gasteiger partial charge in [0.2, 0.25) is 0 Å². The standard InChI is InChI=1S/C132H104N2.2H2/c1-5-8-11-14-17-18-19-20-21-22-23-24-25-26-40-87-131(4)127-92-111(103-61-74-115(75-62-103)133(119-80-67-102-54-58-110(102)91-119)116-76-65-105(66-77-116)114-71-85-125-124-84-70-113(98-45-34-30-35-46-98)94-129(124)132(130(125)95-114,88-41-27-15-12-9-6-2)89-42-28-16-13-10-7-3)68-82-122(127)123-83-69-112(93-128(123)131)104-63-78-118(79-64-104)134(117-72-59-100(60-73-117)97-43-32-29-33-44-97)120-81-86-121(126(96-120)106-48-36-31-37-49-106)107-55-51-101(52-56-107)109-57-53-99-47-38-39-50-108(99)90-109;;/h29-39,43-53,55-57,59-86,90-96H,6-7,9-10,12-13,15-16,27-28,41-42,54,58,88-89H2,1-4H3;2*1H. The third-order valence-electron chi connectivity index (χ3n) is 27.4. The van der Waals surface area contributed by atoms with E-state index >= 15 is 0 Å². The summed E-state index contributed by atoms with van der Waals surface area (Å²) in [7, 11) is 0. The Kier molecular flexibility index (Phi) is 26.6. The molecule has 0 aliphatic heterocycles. The molecule has 19 rings (SSSR count). The van der Waals surface area contributed by atoms with Crippen LogP contribution in [-0.2, 0) is 23.7 Å². The third kappa shape index (κ3) is 18.8. The normalized spacial score (nSPS) is 12.7.